The Hall–Kier alpha value is -4.52. The Kier molecular flexibility index (Phi) is 8.71. The Morgan fingerprint density at radius 3 is 2.15 bits per heavy atom. The van der Waals surface area contributed by atoms with E-state index in [0.717, 1.165) is 28.5 Å². The van der Waals surface area contributed by atoms with E-state index >= 15 is 0 Å². The smallest absolute Gasteiger partial charge is 0.343 e. The molecule has 0 radical (unpaired) electrons. The Morgan fingerprint density at radius 1 is 0.923 bits per heavy atom. The summed E-state index contributed by atoms with van der Waals surface area (Å²) in [6.07, 6.45) is 1.16. The number of fused-ring (bicyclic) bond motifs is 3. The molecular formula is C32H32O7. The Morgan fingerprint density at radius 2 is 1.54 bits per heavy atom. The van der Waals surface area contributed by atoms with Crippen LogP contribution in [0.15, 0.2) is 85.7 Å². The molecule has 0 heterocycles. The molecule has 0 bridgehead atoms. The predicted octanol–water partition coefficient (Wildman–Crippen LogP) is 6.46. The molecule has 7 heteroatoms. The number of rotatable bonds is 12. The minimum Gasteiger partial charge on any atom is -0.497 e. The zero-order valence-corrected chi connectivity index (χ0v) is 22.4. The first-order valence-corrected chi connectivity index (χ1v) is 12.7. The van der Waals surface area contributed by atoms with Gasteiger partial charge in [-0.3, -0.25) is 0 Å². The third kappa shape index (κ3) is 6.49. The zero-order valence-electron chi connectivity index (χ0n) is 22.4. The summed E-state index contributed by atoms with van der Waals surface area (Å²) in [5, 5.41) is 0. The molecule has 4 rings (SSSR count). The number of carbonyl (C=O) groups is 2. The number of carbonyl (C=O) groups excluding carboxylic acids is 2. The lowest BCUT2D eigenvalue weighted by Crippen LogP contribution is -2.28. The van der Waals surface area contributed by atoms with Crippen molar-refractivity contribution in [2.75, 3.05) is 20.3 Å². The van der Waals surface area contributed by atoms with Crippen LogP contribution >= 0.6 is 0 Å². The summed E-state index contributed by atoms with van der Waals surface area (Å²) in [5.41, 5.74) is 4.97. The van der Waals surface area contributed by atoms with Gasteiger partial charge < -0.3 is 23.7 Å². The molecule has 0 aromatic heterocycles. The van der Waals surface area contributed by atoms with E-state index in [-0.39, 0.29) is 19.1 Å². The predicted molar refractivity (Wildman–Crippen MR) is 148 cm³/mol. The maximum atomic E-state index is 12.8. The van der Waals surface area contributed by atoms with Gasteiger partial charge in [-0.05, 0) is 70.8 Å². The summed E-state index contributed by atoms with van der Waals surface area (Å²) < 4.78 is 27.7. The zero-order chi connectivity index (χ0) is 27.9. The molecule has 2 atom stereocenters. The van der Waals surface area contributed by atoms with Crippen LogP contribution in [0.4, 0.5) is 0 Å². The van der Waals surface area contributed by atoms with E-state index < -0.39 is 18.0 Å². The van der Waals surface area contributed by atoms with Crippen molar-refractivity contribution >= 4 is 11.9 Å². The third-order valence-electron chi connectivity index (χ3n) is 6.55. The quantitative estimate of drug-likeness (QED) is 0.115. The SMILES string of the molecule is C=CC(=O)OCC(COc1ccc(C(=O)Oc2ccc3c(c2)C(C)c2cc(OC)ccc2-3)cc1)OC(=C)CC. The molecule has 7 nitrogen and oxygen atoms in total. The minimum atomic E-state index is -0.545. The second-order valence-corrected chi connectivity index (χ2v) is 9.12. The monoisotopic (exact) mass is 528 g/mol. The van der Waals surface area contributed by atoms with Crippen LogP contribution in [0.2, 0.25) is 0 Å². The van der Waals surface area contributed by atoms with E-state index in [2.05, 4.69) is 32.2 Å². The minimum absolute atomic E-state index is 0.00764. The molecular weight excluding hydrogens is 496 g/mol. The average Bonchev–Trinajstić information content (AvgIpc) is 3.24. The number of esters is 2. The van der Waals surface area contributed by atoms with Crippen LogP contribution < -0.4 is 14.2 Å². The Labute approximate surface area is 228 Å². The van der Waals surface area contributed by atoms with Crippen molar-refractivity contribution in [3.63, 3.8) is 0 Å². The lowest BCUT2D eigenvalue weighted by Gasteiger charge is -2.20. The van der Waals surface area contributed by atoms with Gasteiger partial charge in [-0.1, -0.05) is 39.1 Å². The van der Waals surface area contributed by atoms with Crippen LogP contribution in [0.5, 0.6) is 17.2 Å². The van der Waals surface area contributed by atoms with Crippen molar-refractivity contribution in [2.45, 2.75) is 32.3 Å². The summed E-state index contributed by atoms with van der Waals surface area (Å²) in [4.78, 5) is 24.3. The van der Waals surface area contributed by atoms with Gasteiger partial charge in [0.15, 0.2) is 6.10 Å². The molecule has 1 aliphatic carbocycles. The third-order valence-corrected chi connectivity index (χ3v) is 6.55. The van der Waals surface area contributed by atoms with Crippen LogP contribution in [-0.4, -0.2) is 38.4 Å². The van der Waals surface area contributed by atoms with Gasteiger partial charge in [-0.2, -0.15) is 0 Å². The first-order valence-electron chi connectivity index (χ1n) is 12.7. The van der Waals surface area contributed by atoms with E-state index in [1.807, 2.05) is 31.2 Å². The van der Waals surface area contributed by atoms with Crippen LogP contribution in [0, 0.1) is 0 Å². The topological polar surface area (TPSA) is 80.3 Å². The van der Waals surface area contributed by atoms with Gasteiger partial charge >= 0.3 is 11.9 Å². The van der Waals surface area contributed by atoms with Gasteiger partial charge in [-0.15, -0.1) is 0 Å². The summed E-state index contributed by atoms with van der Waals surface area (Å²) in [6.45, 7) is 11.4. The van der Waals surface area contributed by atoms with Gasteiger partial charge in [0.2, 0.25) is 0 Å². The van der Waals surface area contributed by atoms with Gasteiger partial charge in [0.25, 0.3) is 0 Å². The lowest BCUT2D eigenvalue weighted by molar-refractivity contribution is -0.141. The number of methoxy groups -OCH3 is 1. The van der Waals surface area contributed by atoms with Crippen LogP contribution in [0.3, 0.4) is 0 Å². The summed E-state index contributed by atoms with van der Waals surface area (Å²) in [6, 6.07) is 18.4. The highest BCUT2D eigenvalue weighted by atomic mass is 16.6. The van der Waals surface area contributed by atoms with Gasteiger partial charge in [0, 0.05) is 18.4 Å². The first kappa shape index (κ1) is 27.5. The molecule has 0 fully saturated rings. The largest absolute Gasteiger partial charge is 0.497 e. The fourth-order valence-electron chi connectivity index (χ4n) is 4.36. The average molecular weight is 529 g/mol. The molecule has 0 saturated carbocycles. The Bertz CT molecular complexity index is 1370. The molecule has 0 saturated heterocycles. The van der Waals surface area contributed by atoms with E-state index in [4.69, 9.17) is 23.7 Å². The number of hydrogen-bond donors (Lipinski definition) is 0. The van der Waals surface area contributed by atoms with Crippen molar-refractivity contribution < 1.29 is 33.3 Å². The van der Waals surface area contributed by atoms with E-state index in [1.54, 1.807) is 31.4 Å². The molecule has 202 valence electrons. The Balaban J connectivity index is 1.37. The lowest BCUT2D eigenvalue weighted by atomic mass is 9.99. The summed E-state index contributed by atoms with van der Waals surface area (Å²) in [7, 11) is 1.66. The van der Waals surface area contributed by atoms with Crippen LogP contribution in [-0.2, 0) is 14.3 Å². The molecule has 1 aliphatic rings. The van der Waals surface area contributed by atoms with Gasteiger partial charge in [0.1, 0.15) is 30.5 Å². The standard InChI is InChI=1S/C32H32O7/c1-6-20(3)38-26(19-37-31(33)7-2)18-36-23-10-8-22(9-11-23)32(34)39-25-13-15-28-27-14-12-24(35-5)16-29(27)21(4)30(28)17-25/h7-17,21,26H,2-3,6,18-19H2,1,4-5H3. The molecule has 2 unspecified atom stereocenters. The molecule has 0 amide bonds. The molecule has 3 aromatic carbocycles. The van der Waals surface area contributed by atoms with Crippen molar-refractivity contribution in [1.29, 1.82) is 0 Å². The van der Waals surface area contributed by atoms with Crippen LogP contribution in [0.25, 0.3) is 11.1 Å². The highest BCUT2D eigenvalue weighted by Gasteiger charge is 2.26. The fraction of sp³-hybridized carbons (Fsp3) is 0.250. The molecule has 0 N–H and O–H groups in total. The number of allylic oxidation sites excluding steroid dienone is 1. The maximum Gasteiger partial charge on any atom is 0.343 e. The molecule has 39 heavy (non-hydrogen) atoms. The summed E-state index contributed by atoms with van der Waals surface area (Å²) in [5.74, 6) is 1.52. The van der Waals surface area contributed by atoms with Gasteiger partial charge in [0.05, 0.1) is 18.4 Å². The molecule has 0 aliphatic heterocycles. The summed E-state index contributed by atoms with van der Waals surface area (Å²) >= 11 is 0. The van der Waals surface area contributed by atoms with Crippen molar-refractivity contribution in [3.05, 3.63) is 102 Å². The molecule has 3 aromatic rings. The van der Waals surface area contributed by atoms with Crippen molar-refractivity contribution in [3.8, 4) is 28.4 Å². The van der Waals surface area contributed by atoms with E-state index in [0.29, 0.717) is 29.2 Å². The first-order chi connectivity index (χ1) is 18.8. The van der Waals surface area contributed by atoms with Crippen molar-refractivity contribution in [1.82, 2.24) is 0 Å². The highest BCUT2D eigenvalue weighted by Crippen LogP contribution is 2.46. The van der Waals surface area contributed by atoms with Gasteiger partial charge in [-0.25, -0.2) is 9.59 Å². The number of ether oxygens (including phenoxy) is 5. The van der Waals surface area contributed by atoms with Crippen molar-refractivity contribution in [2.24, 2.45) is 0 Å². The van der Waals surface area contributed by atoms with Crippen LogP contribution in [0.1, 0.15) is 47.7 Å². The maximum absolute atomic E-state index is 12.8. The second kappa shape index (κ2) is 12.3. The van der Waals surface area contributed by atoms with E-state index in [9.17, 15) is 9.59 Å². The fourth-order valence-corrected chi connectivity index (χ4v) is 4.36. The number of hydrogen-bond acceptors (Lipinski definition) is 7. The normalized spacial score (nSPS) is 13.9. The second-order valence-electron chi connectivity index (χ2n) is 9.12. The number of benzene rings is 3. The van der Waals surface area contributed by atoms with E-state index in [1.165, 1.54) is 5.56 Å². The highest BCUT2D eigenvalue weighted by molar-refractivity contribution is 5.91. The molecule has 0 spiro atoms.